The number of hydrogen-bond acceptors (Lipinski definition) is 7. The minimum atomic E-state index is -0.630. The van der Waals surface area contributed by atoms with Crippen LogP contribution < -0.4 is 10.1 Å². The van der Waals surface area contributed by atoms with Crippen molar-refractivity contribution in [2.45, 2.75) is 6.92 Å². The number of amides is 1. The largest absolute Gasteiger partial charge is 0.483 e. The van der Waals surface area contributed by atoms with Gasteiger partial charge in [0.1, 0.15) is 5.75 Å². The summed E-state index contributed by atoms with van der Waals surface area (Å²) in [5, 5.41) is 8.54. The molecule has 1 aromatic heterocycles. The average Bonchev–Trinajstić information content (AvgIpc) is 3.10. The fourth-order valence-corrected chi connectivity index (χ4v) is 3.42. The number of anilines is 1. The van der Waals surface area contributed by atoms with E-state index in [4.69, 9.17) is 9.47 Å². The molecule has 0 aliphatic carbocycles. The standard InChI is InChI=1S/C17H14BrN3O4S/c1-2-24-17(23)15-16(26-21-20-15)19-13(22)9-25-12-8-7-10-5-3-4-6-11(10)14(12)18/h3-8H,2,9H2,1H3,(H,19,22). The molecule has 0 aliphatic heterocycles. The summed E-state index contributed by atoms with van der Waals surface area (Å²) in [5.41, 5.74) is -0.0166. The van der Waals surface area contributed by atoms with Gasteiger partial charge in [-0.2, -0.15) is 0 Å². The van der Waals surface area contributed by atoms with Crippen molar-refractivity contribution in [3.05, 3.63) is 46.6 Å². The number of aromatic nitrogens is 2. The molecule has 3 aromatic rings. The second-order valence-electron chi connectivity index (χ2n) is 5.11. The van der Waals surface area contributed by atoms with Gasteiger partial charge in [-0.05, 0) is 39.7 Å². The zero-order valence-electron chi connectivity index (χ0n) is 13.7. The van der Waals surface area contributed by atoms with E-state index in [0.29, 0.717) is 5.75 Å². The summed E-state index contributed by atoms with van der Waals surface area (Å²) in [6, 6.07) is 11.5. The third-order valence-corrected chi connectivity index (χ3v) is 4.86. The highest BCUT2D eigenvalue weighted by Crippen LogP contribution is 2.33. The SMILES string of the molecule is CCOC(=O)c1nnsc1NC(=O)COc1ccc2ccccc2c1Br. The third-order valence-electron chi connectivity index (χ3n) is 3.40. The summed E-state index contributed by atoms with van der Waals surface area (Å²) < 4.78 is 14.9. The lowest BCUT2D eigenvalue weighted by Crippen LogP contribution is -2.21. The molecule has 9 heteroatoms. The minimum absolute atomic E-state index is 0.0166. The summed E-state index contributed by atoms with van der Waals surface area (Å²) >= 11 is 4.40. The second-order valence-corrected chi connectivity index (χ2v) is 6.65. The molecule has 0 saturated heterocycles. The Morgan fingerprint density at radius 1 is 1.23 bits per heavy atom. The van der Waals surface area contributed by atoms with Gasteiger partial charge in [0.2, 0.25) is 5.69 Å². The van der Waals surface area contributed by atoms with Crippen molar-refractivity contribution < 1.29 is 19.1 Å². The molecule has 0 radical (unpaired) electrons. The highest BCUT2D eigenvalue weighted by Gasteiger charge is 2.19. The first-order valence-electron chi connectivity index (χ1n) is 7.69. The molecule has 0 spiro atoms. The van der Waals surface area contributed by atoms with Gasteiger partial charge in [-0.1, -0.05) is 34.8 Å². The van der Waals surface area contributed by atoms with Crippen LogP contribution in [0, 0.1) is 0 Å². The van der Waals surface area contributed by atoms with Crippen LogP contribution in [-0.2, 0) is 9.53 Å². The molecule has 1 amide bonds. The van der Waals surface area contributed by atoms with Crippen LogP contribution in [0.3, 0.4) is 0 Å². The zero-order chi connectivity index (χ0) is 18.5. The Balaban J connectivity index is 1.66. The van der Waals surface area contributed by atoms with E-state index in [0.717, 1.165) is 26.8 Å². The van der Waals surface area contributed by atoms with Crippen molar-refractivity contribution in [2.75, 3.05) is 18.5 Å². The van der Waals surface area contributed by atoms with Crippen molar-refractivity contribution in [1.29, 1.82) is 0 Å². The van der Waals surface area contributed by atoms with Crippen LogP contribution in [0.4, 0.5) is 5.00 Å². The Hall–Kier alpha value is -2.52. The molecule has 0 bridgehead atoms. The Labute approximate surface area is 161 Å². The lowest BCUT2D eigenvalue weighted by molar-refractivity contribution is -0.118. The van der Waals surface area contributed by atoms with Crippen LogP contribution in [-0.4, -0.2) is 34.7 Å². The highest BCUT2D eigenvalue weighted by molar-refractivity contribution is 9.10. The van der Waals surface area contributed by atoms with Gasteiger partial charge >= 0.3 is 5.97 Å². The number of nitrogens with one attached hydrogen (secondary N) is 1. The van der Waals surface area contributed by atoms with Crippen molar-refractivity contribution >= 4 is 55.1 Å². The maximum absolute atomic E-state index is 12.1. The Bertz CT molecular complexity index is 960. The van der Waals surface area contributed by atoms with Crippen molar-refractivity contribution in [3.8, 4) is 5.75 Å². The highest BCUT2D eigenvalue weighted by atomic mass is 79.9. The molecule has 0 atom stereocenters. The number of benzene rings is 2. The molecule has 2 aromatic carbocycles. The molecule has 0 fully saturated rings. The number of halogens is 1. The number of carbonyl (C=O) groups is 2. The fraction of sp³-hybridized carbons (Fsp3) is 0.176. The van der Waals surface area contributed by atoms with E-state index < -0.39 is 11.9 Å². The first-order valence-corrected chi connectivity index (χ1v) is 9.26. The number of carbonyl (C=O) groups excluding carboxylic acids is 2. The molecule has 7 nitrogen and oxygen atoms in total. The average molecular weight is 436 g/mol. The summed E-state index contributed by atoms with van der Waals surface area (Å²) in [4.78, 5) is 23.9. The number of esters is 1. The fourth-order valence-electron chi connectivity index (χ4n) is 2.24. The molecular weight excluding hydrogens is 422 g/mol. The lowest BCUT2D eigenvalue weighted by atomic mass is 10.1. The number of rotatable bonds is 6. The van der Waals surface area contributed by atoms with Crippen molar-refractivity contribution in [1.82, 2.24) is 9.59 Å². The van der Waals surface area contributed by atoms with Crippen molar-refractivity contribution in [2.24, 2.45) is 0 Å². The quantitative estimate of drug-likeness (QED) is 0.594. The number of nitrogens with zero attached hydrogens (tertiary/aromatic N) is 2. The van der Waals surface area contributed by atoms with E-state index in [-0.39, 0.29) is 23.9 Å². The molecule has 0 aliphatic rings. The first kappa shape index (κ1) is 18.3. The van der Waals surface area contributed by atoms with E-state index in [1.807, 2.05) is 30.3 Å². The van der Waals surface area contributed by atoms with E-state index in [1.165, 1.54) is 0 Å². The monoisotopic (exact) mass is 435 g/mol. The maximum atomic E-state index is 12.1. The molecule has 134 valence electrons. The van der Waals surface area contributed by atoms with Gasteiger partial charge in [-0.25, -0.2) is 4.79 Å². The molecule has 0 unspecified atom stereocenters. The van der Waals surface area contributed by atoms with Crippen LogP contribution in [0.2, 0.25) is 0 Å². The zero-order valence-corrected chi connectivity index (χ0v) is 16.1. The molecule has 3 rings (SSSR count). The van der Waals surface area contributed by atoms with Crippen LogP contribution in [0.5, 0.6) is 5.75 Å². The molecule has 26 heavy (non-hydrogen) atoms. The minimum Gasteiger partial charge on any atom is -0.483 e. The molecule has 1 heterocycles. The summed E-state index contributed by atoms with van der Waals surface area (Å²) in [7, 11) is 0. The van der Waals surface area contributed by atoms with E-state index in [9.17, 15) is 9.59 Å². The summed E-state index contributed by atoms with van der Waals surface area (Å²) in [6.07, 6.45) is 0. The van der Waals surface area contributed by atoms with E-state index >= 15 is 0 Å². The topological polar surface area (TPSA) is 90.4 Å². The normalized spacial score (nSPS) is 10.5. The molecule has 0 saturated carbocycles. The van der Waals surface area contributed by atoms with E-state index in [2.05, 4.69) is 30.8 Å². The predicted octanol–water partition coefficient (Wildman–Crippen LogP) is 3.65. The number of ether oxygens (including phenoxy) is 2. The molecular formula is C17H14BrN3O4S. The van der Waals surface area contributed by atoms with Crippen LogP contribution in [0.25, 0.3) is 10.8 Å². The van der Waals surface area contributed by atoms with Gasteiger partial charge < -0.3 is 14.8 Å². The third kappa shape index (κ3) is 4.00. The first-order chi connectivity index (χ1) is 12.6. The van der Waals surface area contributed by atoms with Gasteiger partial charge in [0.15, 0.2) is 11.6 Å². The van der Waals surface area contributed by atoms with Gasteiger partial charge in [0.05, 0.1) is 11.1 Å². The van der Waals surface area contributed by atoms with Gasteiger partial charge in [-0.3, -0.25) is 4.79 Å². The Kier molecular flexibility index (Phi) is 5.79. The van der Waals surface area contributed by atoms with Crippen molar-refractivity contribution in [3.63, 3.8) is 0 Å². The summed E-state index contributed by atoms with van der Waals surface area (Å²) in [5.74, 6) is -0.511. The second kappa shape index (κ2) is 8.24. The Morgan fingerprint density at radius 3 is 2.85 bits per heavy atom. The molecule has 1 N–H and O–H groups in total. The van der Waals surface area contributed by atoms with Gasteiger partial charge in [0, 0.05) is 11.5 Å². The van der Waals surface area contributed by atoms with E-state index in [1.54, 1.807) is 13.0 Å². The predicted molar refractivity (Wildman–Crippen MR) is 102 cm³/mol. The van der Waals surface area contributed by atoms with Crippen LogP contribution in [0.1, 0.15) is 17.4 Å². The van der Waals surface area contributed by atoms with Crippen LogP contribution in [0.15, 0.2) is 40.9 Å². The number of hydrogen-bond donors (Lipinski definition) is 1. The lowest BCUT2D eigenvalue weighted by Gasteiger charge is -2.10. The Morgan fingerprint density at radius 2 is 2.04 bits per heavy atom. The summed E-state index contributed by atoms with van der Waals surface area (Å²) in [6.45, 7) is 1.67. The van der Waals surface area contributed by atoms with Gasteiger partial charge in [0.25, 0.3) is 5.91 Å². The number of fused-ring (bicyclic) bond motifs is 1. The van der Waals surface area contributed by atoms with Crippen LogP contribution >= 0.6 is 27.5 Å². The maximum Gasteiger partial charge on any atom is 0.362 e. The van der Waals surface area contributed by atoms with Gasteiger partial charge in [-0.15, -0.1) is 5.10 Å². The smallest absolute Gasteiger partial charge is 0.362 e.